The summed E-state index contributed by atoms with van der Waals surface area (Å²) < 4.78 is 7.23. The summed E-state index contributed by atoms with van der Waals surface area (Å²) >= 11 is 6.15. The van der Waals surface area contributed by atoms with Crippen LogP contribution in [0.15, 0.2) is 30.5 Å². The third-order valence-corrected chi connectivity index (χ3v) is 3.32. The normalized spacial score (nSPS) is 11.2. The van der Waals surface area contributed by atoms with Crippen molar-refractivity contribution in [3.63, 3.8) is 0 Å². The molecule has 0 aliphatic carbocycles. The Morgan fingerprint density at radius 1 is 1.28 bits per heavy atom. The smallest absolute Gasteiger partial charge is 0.0499 e. The highest BCUT2D eigenvalue weighted by atomic mass is 35.5. The number of halogens is 1. The molecule has 18 heavy (non-hydrogen) atoms. The Morgan fingerprint density at radius 3 is 3.00 bits per heavy atom. The Hall–Kier alpha value is -1.03. The van der Waals surface area contributed by atoms with E-state index in [1.54, 1.807) is 7.11 Å². The van der Waals surface area contributed by atoms with Gasteiger partial charge in [0.05, 0.1) is 0 Å². The van der Waals surface area contributed by atoms with Crippen LogP contribution in [-0.2, 0) is 11.3 Å². The minimum absolute atomic E-state index is 0.815. The average molecular weight is 267 g/mol. The van der Waals surface area contributed by atoms with Gasteiger partial charge in [-0.2, -0.15) is 0 Å². The average Bonchev–Trinajstić information content (AvgIpc) is 2.79. The highest BCUT2D eigenvalue weighted by Gasteiger charge is 2.03. The topological polar surface area (TPSA) is 26.2 Å². The third-order valence-electron chi connectivity index (χ3n) is 2.99. The van der Waals surface area contributed by atoms with E-state index in [9.17, 15) is 0 Å². The number of nitrogens with one attached hydrogen (secondary N) is 1. The zero-order valence-electron chi connectivity index (χ0n) is 10.7. The highest BCUT2D eigenvalue weighted by Crippen LogP contribution is 2.23. The summed E-state index contributed by atoms with van der Waals surface area (Å²) in [6.45, 7) is 3.72. The summed E-state index contributed by atoms with van der Waals surface area (Å²) in [5.41, 5.74) is 1.20. The molecule has 0 amide bonds. The first-order valence-electron chi connectivity index (χ1n) is 6.26. The number of hydrogen-bond donors (Lipinski definition) is 1. The second kappa shape index (κ2) is 6.78. The van der Waals surface area contributed by atoms with Gasteiger partial charge in [0.2, 0.25) is 0 Å². The van der Waals surface area contributed by atoms with Gasteiger partial charge in [0, 0.05) is 48.9 Å². The molecule has 0 saturated carbocycles. The zero-order chi connectivity index (χ0) is 12.8. The van der Waals surface area contributed by atoms with Crippen molar-refractivity contribution < 1.29 is 4.74 Å². The van der Waals surface area contributed by atoms with E-state index in [0.29, 0.717) is 0 Å². The molecule has 0 radical (unpaired) electrons. The van der Waals surface area contributed by atoms with Gasteiger partial charge in [-0.05, 0) is 31.2 Å². The van der Waals surface area contributed by atoms with Crippen molar-refractivity contribution in [2.75, 3.05) is 26.8 Å². The molecule has 4 heteroatoms. The van der Waals surface area contributed by atoms with Gasteiger partial charge in [-0.25, -0.2) is 0 Å². The molecule has 1 aromatic carbocycles. The lowest BCUT2D eigenvalue weighted by atomic mass is 10.2. The maximum Gasteiger partial charge on any atom is 0.0499 e. The number of ether oxygens (including phenoxy) is 1. The van der Waals surface area contributed by atoms with E-state index < -0.39 is 0 Å². The van der Waals surface area contributed by atoms with E-state index in [0.717, 1.165) is 43.1 Å². The summed E-state index contributed by atoms with van der Waals surface area (Å²) in [7, 11) is 1.73. The molecule has 0 aliphatic heterocycles. The second-order valence-corrected chi connectivity index (χ2v) is 4.69. The van der Waals surface area contributed by atoms with E-state index in [-0.39, 0.29) is 0 Å². The first kappa shape index (κ1) is 13.4. The van der Waals surface area contributed by atoms with E-state index in [4.69, 9.17) is 16.3 Å². The lowest BCUT2D eigenvalue weighted by Gasteiger charge is -2.07. The Kier molecular flexibility index (Phi) is 5.05. The Bertz CT molecular complexity index is 495. The molecule has 0 fully saturated rings. The Morgan fingerprint density at radius 2 is 2.17 bits per heavy atom. The molecule has 0 bridgehead atoms. The molecule has 1 N–H and O–H groups in total. The Labute approximate surface area is 113 Å². The molecule has 1 aromatic heterocycles. The van der Waals surface area contributed by atoms with Crippen molar-refractivity contribution in [3.05, 3.63) is 35.5 Å². The number of rotatable bonds is 7. The maximum absolute atomic E-state index is 6.15. The molecule has 0 spiro atoms. The van der Waals surface area contributed by atoms with Gasteiger partial charge in [0.1, 0.15) is 0 Å². The fraction of sp³-hybridized carbons (Fsp3) is 0.429. The number of nitrogens with zero attached hydrogens (tertiary/aromatic N) is 1. The molecule has 2 aromatic rings. The van der Waals surface area contributed by atoms with Crippen LogP contribution in [-0.4, -0.2) is 31.4 Å². The number of aromatic nitrogens is 1. The molecule has 0 saturated heterocycles. The largest absolute Gasteiger partial charge is 0.385 e. The Balaban J connectivity index is 1.86. The summed E-state index contributed by atoms with van der Waals surface area (Å²) in [6, 6.07) is 8.10. The third kappa shape index (κ3) is 3.25. The molecule has 3 nitrogen and oxygen atoms in total. The van der Waals surface area contributed by atoms with Crippen molar-refractivity contribution in [2.45, 2.75) is 13.0 Å². The van der Waals surface area contributed by atoms with Crippen LogP contribution in [0.25, 0.3) is 10.9 Å². The van der Waals surface area contributed by atoms with Crippen LogP contribution in [0.2, 0.25) is 5.02 Å². The van der Waals surface area contributed by atoms with Crippen molar-refractivity contribution in [3.8, 4) is 0 Å². The summed E-state index contributed by atoms with van der Waals surface area (Å²) in [6.07, 6.45) is 3.14. The van der Waals surface area contributed by atoms with Crippen molar-refractivity contribution in [1.82, 2.24) is 9.88 Å². The van der Waals surface area contributed by atoms with Crippen molar-refractivity contribution >= 4 is 22.5 Å². The number of benzene rings is 1. The number of fused-ring (bicyclic) bond motifs is 1. The van der Waals surface area contributed by atoms with Crippen LogP contribution in [0.3, 0.4) is 0 Å². The highest BCUT2D eigenvalue weighted by molar-refractivity contribution is 6.35. The molecular weight excluding hydrogens is 248 g/mol. The van der Waals surface area contributed by atoms with Gasteiger partial charge < -0.3 is 14.6 Å². The standard InChI is InChI=1S/C14H19ClN2O/c1-18-11-3-7-16-8-10-17-9-6-12-13(15)4-2-5-14(12)17/h2,4-6,9,16H,3,7-8,10-11H2,1H3. The minimum Gasteiger partial charge on any atom is -0.385 e. The molecular formula is C14H19ClN2O. The van der Waals surface area contributed by atoms with E-state index in [2.05, 4.69) is 28.2 Å². The quantitative estimate of drug-likeness (QED) is 0.780. The van der Waals surface area contributed by atoms with Crippen molar-refractivity contribution in [2.24, 2.45) is 0 Å². The fourth-order valence-corrected chi connectivity index (χ4v) is 2.28. The minimum atomic E-state index is 0.815. The van der Waals surface area contributed by atoms with Crippen LogP contribution in [0, 0.1) is 0 Å². The van der Waals surface area contributed by atoms with E-state index in [1.807, 2.05) is 12.1 Å². The lowest BCUT2D eigenvalue weighted by Crippen LogP contribution is -2.21. The van der Waals surface area contributed by atoms with Crippen LogP contribution in [0.4, 0.5) is 0 Å². The first-order chi connectivity index (χ1) is 8.83. The summed E-state index contributed by atoms with van der Waals surface area (Å²) in [5.74, 6) is 0. The van der Waals surface area contributed by atoms with E-state index >= 15 is 0 Å². The van der Waals surface area contributed by atoms with Crippen LogP contribution < -0.4 is 5.32 Å². The van der Waals surface area contributed by atoms with Gasteiger partial charge in [0.25, 0.3) is 0 Å². The predicted octanol–water partition coefficient (Wildman–Crippen LogP) is 2.92. The monoisotopic (exact) mass is 266 g/mol. The van der Waals surface area contributed by atoms with Crippen LogP contribution >= 0.6 is 11.6 Å². The zero-order valence-corrected chi connectivity index (χ0v) is 11.4. The van der Waals surface area contributed by atoms with E-state index in [1.165, 1.54) is 5.52 Å². The van der Waals surface area contributed by atoms with Gasteiger partial charge in [0.15, 0.2) is 0 Å². The van der Waals surface area contributed by atoms with Gasteiger partial charge in [-0.3, -0.25) is 0 Å². The molecule has 0 unspecified atom stereocenters. The van der Waals surface area contributed by atoms with Crippen LogP contribution in [0.5, 0.6) is 0 Å². The SMILES string of the molecule is COCCCNCCn1ccc2c(Cl)cccc21. The van der Waals surface area contributed by atoms with Gasteiger partial charge in [-0.15, -0.1) is 0 Å². The molecule has 0 aliphatic rings. The molecule has 2 rings (SSSR count). The summed E-state index contributed by atoms with van der Waals surface area (Å²) in [4.78, 5) is 0. The predicted molar refractivity (Wildman–Crippen MR) is 76.3 cm³/mol. The maximum atomic E-state index is 6.15. The van der Waals surface area contributed by atoms with Crippen LogP contribution in [0.1, 0.15) is 6.42 Å². The van der Waals surface area contributed by atoms with Gasteiger partial charge in [-0.1, -0.05) is 17.7 Å². The molecule has 1 heterocycles. The number of methoxy groups -OCH3 is 1. The van der Waals surface area contributed by atoms with Crippen molar-refractivity contribution in [1.29, 1.82) is 0 Å². The number of hydrogen-bond acceptors (Lipinski definition) is 2. The first-order valence-corrected chi connectivity index (χ1v) is 6.64. The molecule has 98 valence electrons. The van der Waals surface area contributed by atoms with Gasteiger partial charge >= 0.3 is 0 Å². The summed E-state index contributed by atoms with van der Waals surface area (Å²) in [5, 5.41) is 5.35. The lowest BCUT2D eigenvalue weighted by molar-refractivity contribution is 0.194. The molecule has 0 atom stereocenters. The second-order valence-electron chi connectivity index (χ2n) is 4.28. The fourth-order valence-electron chi connectivity index (χ4n) is 2.05.